The fourth-order valence-corrected chi connectivity index (χ4v) is 6.21. The summed E-state index contributed by atoms with van der Waals surface area (Å²) in [7, 11) is 0. The Morgan fingerprint density at radius 1 is 1.23 bits per heavy atom. The number of fused-ring (bicyclic) bond motifs is 2. The summed E-state index contributed by atoms with van der Waals surface area (Å²) in [6.45, 7) is 1.86. The molecule has 3 aliphatic carbocycles. The van der Waals surface area contributed by atoms with Crippen LogP contribution in [-0.2, 0) is 0 Å². The minimum absolute atomic E-state index is 0.0142. The SMILES string of the molecule is CCCSc1nc(N[C@@H]2C[C@H]2c2ccc(F)c(F)c2)c2nnn([C@H]3[C@H](O)[C@H](O)[C@@]4(CO)C[C@H]34)c2n1. The van der Waals surface area contributed by atoms with Crippen molar-refractivity contribution in [2.24, 2.45) is 11.3 Å². The number of rotatable bonds is 8. The first-order valence-corrected chi connectivity index (χ1v) is 12.8. The number of thioether (sulfide) groups is 1. The molecule has 0 aliphatic heterocycles. The van der Waals surface area contributed by atoms with Gasteiger partial charge in [0.25, 0.3) is 0 Å². The molecule has 0 spiro atoms. The van der Waals surface area contributed by atoms with E-state index in [9.17, 15) is 24.1 Å². The molecule has 0 bridgehead atoms. The lowest BCUT2D eigenvalue weighted by Crippen LogP contribution is -2.36. The van der Waals surface area contributed by atoms with Gasteiger partial charge >= 0.3 is 0 Å². The van der Waals surface area contributed by atoms with Gasteiger partial charge in [0.05, 0.1) is 18.8 Å². The Morgan fingerprint density at radius 2 is 2.06 bits per heavy atom. The van der Waals surface area contributed by atoms with Crippen LogP contribution < -0.4 is 5.32 Å². The van der Waals surface area contributed by atoms with Crippen molar-refractivity contribution in [3.05, 3.63) is 35.4 Å². The Hall–Kier alpha value is -2.41. The van der Waals surface area contributed by atoms with Crippen molar-refractivity contribution in [2.75, 3.05) is 17.7 Å². The average molecular weight is 505 g/mol. The lowest BCUT2D eigenvalue weighted by atomic mass is 10.0. The maximum atomic E-state index is 13.7. The Labute approximate surface area is 204 Å². The molecular weight excluding hydrogens is 478 g/mol. The third kappa shape index (κ3) is 3.61. The highest BCUT2D eigenvalue weighted by Gasteiger charge is 2.71. The highest BCUT2D eigenvalue weighted by Crippen LogP contribution is 2.67. The summed E-state index contributed by atoms with van der Waals surface area (Å²) in [6.07, 6.45) is 0.126. The first-order chi connectivity index (χ1) is 16.9. The maximum Gasteiger partial charge on any atom is 0.191 e. The number of hydrogen-bond donors (Lipinski definition) is 4. The van der Waals surface area contributed by atoms with Gasteiger partial charge in [0, 0.05) is 23.1 Å². The molecule has 9 nitrogen and oxygen atoms in total. The lowest BCUT2D eigenvalue weighted by molar-refractivity contribution is -0.0315. The van der Waals surface area contributed by atoms with Crippen LogP contribution in [0.3, 0.4) is 0 Å². The molecule has 3 fully saturated rings. The molecule has 4 N–H and O–H groups in total. The van der Waals surface area contributed by atoms with E-state index < -0.39 is 35.3 Å². The third-order valence-corrected chi connectivity index (χ3v) is 8.71. The van der Waals surface area contributed by atoms with Gasteiger partial charge in [-0.1, -0.05) is 30.0 Å². The van der Waals surface area contributed by atoms with E-state index in [-0.39, 0.29) is 24.5 Å². The van der Waals surface area contributed by atoms with Gasteiger partial charge in [-0.15, -0.1) is 5.10 Å². The number of aliphatic hydroxyl groups excluding tert-OH is 3. The van der Waals surface area contributed by atoms with E-state index in [0.29, 0.717) is 34.1 Å². The van der Waals surface area contributed by atoms with Crippen molar-refractivity contribution in [1.82, 2.24) is 25.0 Å². The van der Waals surface area contributed by atoms with Gasteiger partial charge in [0.1, 0.15) is 6.10 Å². The van der Waals surface area contributed by atoms with Crippen LogP contribution in [0.1, 0.15) is 43.7 Å². The van der Waals surface area contributed by atoms with Crippen molar-refractivity contribution in [3.63, 3.8) is 0 Å². The molecule has 0 radical (unpaired) electrons. The van der Waals surface area contributed by atoms with Crippen LogP contribution in [0, 0.1) is 23.0 Å². The van der Waals surface area contributed by atoms with Gasteiger partial charge in [-0.05, 0) is 42.9 Å². The van der Waals surface area contributed by atoms with E-state index >= 15 is 0 Å². The maximum absolute atomic E-state index is 13.7. The molecule has 1 aromatic carbocycles. The fourth-order valence-electron chi connectivity index (χ4n) is 5.52. The first kappa shape index (κ1) is 23.0. The molecule has 6 rings (SSSR count). The Kier molecular flexibility index (Phi) is 5.47. The van der Waals surface area contributed by atoms with Gasteiger partial charge in [-0.25, -0.2) is 23.4 Å². The lowest BCUT2D eigenvalue weighted by Gasteiger charge is -2.22. The van der Waals surface area contributed by atoms with Crippen LogP contribution >= 0.6 is 11.8 Å². The van der Waals surface area contributed by atoms with Crippen molar-refractivity contribution in [1.29, 1.82) is 0 Å². The molecule has 0 unspecified atom stereocenters. The van der Waals surface area contributed by atoms with Gasteiger partial charge < -0.3 is 20.6 Å². The number of anilines is 1. The summed E-state index contributed by atoms with van der Waals surface area (Å²) in [5, 5.41) is 43.6. The molecule has 12 heteroatoms. The molecule has 3 saturated carbocycles. The zero-order chi connectivity index (χ0) is 24.5. The summed E-state index contributed by atoms with van der Waals surface area (Å²) in [5.41, 5.74) is 0.892. The van der Waals surface area contributed by atoms with Gasteiger partial charge in [0.15, 0.2) is 33.8 Å². The van der Waals surface area contributed by atoms with Crippen LogP contribution in [0.2, 0.25) is 0 Å². The number of benzene rings is 1. The zero-order valence-corrected chi connectivity index (χ0v) is 19.8. The number of halogens is 2. The molecule has 0 amide bonds. The molecule has 7 atom stereocenters. The Balaban J connectivity index is 1.33. The zero-order valence-electron chi connectivity index (χ0n) is 19.0. The predicted octanol–water partition coefficient (Wildman–Crippen LogP) is 2.24. The van der Waals surface area contributed by atoms with Crippen LogP contribution in [-0.4, -0.2) is 70.9 Å². The van der Waals surface area contributed by atoms with E-state index in [1.807, 2.05) is 0 Å². The number of nitrogens with zero attached hydrogens (tertiary/aromatic N) is 5. The van der Waals surface area contributed by atoms with Gasteiger partial charge in [-0.2, -0.15) is 0 Å². The second-order valence-corrected chi connectivity index (χ2v) is 10.9. The van der Waals surface area contributed by atoms with Crippen LogP contribution in [0.4, 0.5) is 14.6 Å². The smallest absolute Gasteiger partial charge is 0.191 e. The van der Waals surface area contributed by atoms with E-state index in [2.05, 4.69) is 32.5 Å². The van der Waals surface area contributed by atoms with E-state index in [1.165, 1.54) is 17.8 Å². The second kappa shape index (κ2) is 8.32. The van der Waals surface area contributed by atoms with Crippen LogP contribution in [0.5, 0.6) is 0 Å². The summed E-state index contributed by atoms with van der Waals surface area (Å²) in [5.74, 6) is -0.538. The normalized spacial score (nSPS) is 33.2. The van der Waals surface area contributed by atoms with Crippen molar-refractivity contribution in [2.45, 2.75) is 61.6 Å². The standard InChI is InChI=1S/C23H26F2N6O3S/c1-2-5-35-22-27-20(26-15-7-11(15)10-3-4-13(24)14(25)6-10)16-21(28-22)31(30-29-16)17-12-8-23(12,9-32)19(34)18(17)33/h3-4,6,11-12,15,17-19,32-34H,2,5,7-9H2,1H3,(H,26,27,28)/t11-,12+,15+,17+,18-,19-,23+/m0/s1. The molecule has 186 valence electrons. The third-order valence-electron chi connectivity index (χ3n) is 7.65. The number of aromatic nitrogens is 5. The quantitative estimate of drug-likeness (QED) is 0.270. The van der Waals surface area contributed by atoms with Crippen LogP contribution in [0.25, 0.3) is 11.2 Å². The van der Waals surface area contributed by atoms with Crippen molar-refractivity contribution >= 4 is 28.7 Å². The molecule has 0 saturated heterocycles. The fraction of sp³-hybridized carbons (Fsp3) is 0.565. The molecule has 2 heterocycles. The van der Waals surface area contributed by atoms with E-state index in [1.54, 1.807) is 10.7 Å². The molecule has 3 aliphatic rings. The largest absolute Gasteiger partial charge is 0.396 e. The average Bonchev–Trinajstić information content (AvgIpc) is 3.72. The summed E-state index contributed by atoms with van der Waals surface area (Å²) < 4.78 is 28.6. The minimum Gasteiger partial charge on any atom is -0.396 e. The van der Waals surface area contributed by atoms with E-state index in [4.69, 9.17) is 0 Å². The molecule has 35 heavy (non-hydrogen) atoms. The monoisotopic (exact) mass is 504 g/mol. The molecular formula is C23H26F2N6O3S. The highest BCUT2D eigenvalue weighted by atomic mass is 32.2. The van der Waals surface area contributed by atoms with Gasteiger partial charge in [0.2, 0.25) is 0 Å². The van der Waals surface area contributed by atoms with Crippen molar-refractivity contribution < 1.29 is 24.1 Å². The van der Waals surface area contributed by atoms with E-state index in [0.717, 1.165) is 24.7 Å². The highest BCUT2D eigenvalue weighted by molar-refractivity contribution is 7.99. The molecule has 2 aromatic heterocycles. The minimum atomic E-state index is -1.09. The molecule has 3 aromatic rings. The summed E-state index contributed by atoms with van der Waals surface area (Å²) >= 11 is 1.49. The first-order valence-electron chi connectivity index (χ1n) is 11.8. The van der Waals surface area contributed by atoms with Gasteiger partial charge in [-0.3, -0.25) is 0 Å². The summed E-state index contributed by atoms with van der Waals surface area (Å²) in [6, 6.07) is 3.38. The Morgan fingerprint density at radius 3 is 2.77 bits per heavy atom. The summed E-state index contributed by atoms with van der Waals surface area (Å²) in [4.78, 5) is 9.32. The number of nitrogens with one attached hydrogen (secondary N) is 1. The van der Waals surface area contributed by atoms with Crippen molar-refractivity contribution in [3.8, 4) is 0 Å². The predicted molar refractivity (Wildman–Crippen MR) is 124 cm³/mol. The second-order valence-electron chi connectivity index (χ2n) is 9.80. The van der Waals surface area contributed by atoms with Crippen LogP contribution in [0.15, 0.2) is 23.4 Å². The number of hydrogen-bond acceptors (Lipinski definition) is 9. The topological polar surface area (TPSA) is 129 Å². The Bertz CT molecular complexity index is 1290. The number of aliphatic hydroxyl groups is 3.